The summed E-state index contributed by atoms with van der Waals surface area (Å²) in [5.74, 6) is 0. The SMILES string of the molecule is CC12CCCC(N)(CO1)C2.Cl. The molecular weight excluding hydrogens is 162 g/mol. The van der Waals surface area contributed by atoms with Gasteiger partial charge in [-0.2, -0.15) is 0 Å². The van der Waals surface area contributed by atoms with Crippen LogP contribution in [0.4, 0.5) is 0 Å². The van der Waals surface area contributed by atoms with E-state index < -0.39 is 0 Å². The van der Waals surface area contributed by atoms with Gasteiger partial charge in [-0.1, -0.05) is 0 Å². The van der Waals surface area contributed by atoms with Crippen molar-refractivity contribution in [1.29, 1.82) is 0 Å². The zero-order chi connectivity index (χ0) is 7.24. The van der Waals surface area contributed by atoms with Gasteiger partial charge in [0.05, 0.1) is 12.2 Å². The molecule has 2 aliphatic rings. The van der Waals surface area contributed by atoms with Crippen LogP contribution in [0, 0.1) is 0 Å². The Bertz CT molecular complexity index is 148. The lowest BCUT2D eigenvalue weighted by Crippen LogP contribution is -2.44. The maximum Gasteiger partial charge on any atom is 0.0673 e. The molecule has 1 aliphatic carbocycles. The van der Waals surface area contributed by atoms with Gasteiger partial charge >= 0.3 is 0 Å². The molecule has 2 bridgehead atoms. The van der Waals surface area contributed by atoms with E-state index in [0.29, 0.717) is 0 Å². The van der Waals surface area contributed by atoms with E-state index in [1.165, 1.54) is 12.8 Å². The Balaban J connectivity index is 0.000000605. The average Bonchev–Trinajstić information content (AvgIpc) is 2.03. The summed E-state index contributed by atoms with van der Waals surface area (Å²) in [6.07, 6.45) is 4.67. The summed E-state index contributed by atoms with van der Waals surface area (Å²) < 4.78 is 5.64. The first-order valence-corrected chi connectivity index (χ1v) is 4.05. The number of rotatable bonds is 0. The molecule has 11 heavy (non-hydrogen) atoms. The van der Waals surface area contributed by atoms with Crippen molar-refractivity contribution in [2.24, 2.45) is 5.73 Å². The van der Waals surface area contributed by atoms with Crippen LogP contribution in [-0.2, 0) is 4.74 Å². The Morgan fingerprint density at radius 2 is 2.09 bits per heavy atom. The van der Waals surface area contributed by atoms with Crippen molar-refractivity contribution < 1.29 is 4.74 Å². The van der Waals surface area contributed by atoms with Crippen LogP contribution in [0.5, 0.6) is 0 Å². The van der Waals surface area contributed by atoms with Gasteiger partial charge < -0.3 is 10.5 Å². The standard InChI is InChI=1S/C8H15NO.ClH/c1-7-3-2-4-8(9,5-7)6-10-7;/h2-6,9H2,1H3;1H. The number of hydrogen-bond acceptors (Lipinski definition) is 2. The van der Waals surface area contributed by atoms with E-state index in [4.69, 9.17) is 10.5 Å². The lowest BCUT2D eigenvalue weighted by Gasteiger charge is -2.31. The summed E-state index contributed by atoms with van der Waals surface area (Å²) in [5.41, 5.74) is 6.23. The van der Waals surface area contributed by atoms with Crippen LogP contribution in [0.2, 0.25) is 0 Å². The smallest absolute Gasteiger partial charge is 0.0673 e. The van der Waals surface area contributed by atoms with Crippen molar-refractivity contribution in [3.05, 3.63) is 0 Å². The van der Waals surface area contributed by atoms with E-state index in [-0.39, 0.29) is 23.5 Å². The summed E-state index contributed by atoms with van der Waals surface area (Å²) in [7, 11) is 0. The maximum absolute atomic E-state index is 6.06. The van der Waals surface area contributed by atoms with Gasteiger partial charge in [0.15, 0.2) is 0 Å². The van der Waals surface area contributed by atoms with E-state index >= 15 is 0 Å². The van der Waals surface area contributed by atoms with Gasteiger partial charge in [0.25, 0.3) is 0 Å². The molecule has 0 aromatic carbocycles. The molecule has 2 fully saturated rings. The Kier molecular flexibility index (Phi) is 2.21. The Morgan fingerprint density at radius 1 is 1.36 bits per heavy atom. The van der Waals surface area contributed by atoms with Crippen molar-refractivity contribution >= 4 is 12.4 Å². The molecular formula is C8H16ClNO. The third-order valence-electron chi connectivity index (χ3n) is 2.81. The molecule has 0 aromatic heterocycles. The second kappa shape index (κ2) is 2.61. The van der Waals surface area contributed by atoms with Gasteiger partial charge in [0.1, 0.15) is 0 Å². The van der Waals surface area contributed by atoms with Gasteiger partial charge in [-0.3, -0.25) is 0 Å². The van der Waals surface area contributed by atoms with E-state index in [1.54, 1.807) is 0 Å². The monoisotopic (exact) mass is 177 g/mol. The highest BCUT2D eigenvalue weighted by Crippen LogP contribution is 2.42. The molecule has 0 aromatic rings. The number of ether oxygens (including phenoxy) is 1. The van der Waals surface area contributed by atoms with Gasteiger partial charge in [-0.05, 0) is 32.6 Å². The molecule has 0 amide bonds. The molecule has 66 valence electrons. The fraction of sp³-hybridized carbons (Fsp3) is 1.00. The fourth-order valence-electron chi connectivity index (χ4n) is 2.30. The van der Waals surface area contributed by atoms with Crippen LogP contribution in [0.1, 0.15) is 32.6 Å². The van der Waals surface area contributed by atoms with E-state index in [1.807, 2.05) is 0 Å². The topological polar surface area (TPSA) is 35.2 Å². The van der Waals surface area contributed by atoms with Gasteiger partial charge in [-0.15, -0.1) is 12.4 Å². The van der Waals surface area contributed by atoms with Crippen molar-refractivity contribution in [3.63, 3.8) is 0 Å². The highest BCUT2D eigenvalue weighted by atomic mass is 35.5. The van der Waals surface area contributed by atoms with E-state index in [2.05, 4.69) is 6.92 Å². The van der Waals surface area contributed by atoms with Crippen LogP contribution >= 0.6 is 12.4 Å². The Labute approximate surface area is 73.9 Å². The molecule has 2 nitrogen and oxygen atoms in total. The van der Waals surface area contributed by atoms with Crippen molar-refractivity contribution in [3.8, 4) is 0 Å². The minimum Gasteiger partial charge on any atom is -0.373 e. The summed E-state index contributed by atoms with van der Waals surface area (Å²) in [6, 6.07) is 0. The number of fused-ring (bicyclic) bond motifs is 2. The number of nitrogens with two attached hydrogens (primary N) is 1. The van der Waals surface area contributed by atoms with Gasteiger partial charge in [0.2, 0.25) is 0 Å². The number of hydrogen-bond donors (Lipinski definition) is 1. The van der Waals surface area contributed by atoms with Crippen molar-refractivity contribution in [1.82, 2.24) is 0 Å². The third kappa shape index (κ3) is 1.53. The molecule has 2 atom stereocenters. The molecule has 2 unspecified atom stereocenters. The molecule has 1 saturated carbocycles. The summed E-state index contributed by atoms with van der Waals surface area (Å²) >= 11 is 0. The van der Waals surface area contributed by atoms with E-state index in [0.717, 1.165) is 19.4 Å². The normalized spacial score (nSPS) is 48.5. The molecule has 1 aliphatic heterocycles. The average molecular weight is 178 g/mol. The quantitative estimate of drug-likeness (QED) is 0.608. The molecule has 3 heteroatoms. The first-order valence-electron chi connectivity index (χ1n) is 4.05. The second-order valence-corrected chi connectivity index (χ2v) is 4.13. The van der Waals surface area contributed by atoms with Gasteiger partial charge in [-0.25, -0.2) is 0 Å². The van der Waals surface area contributed by atoms with Crippen LogP contribution < -0.4 is 5.73 Å². The number of halogens is 1. The summed E-state index contributed by atoms with van der Waals surface area (Å²) in [6.45, 7) is 2.96. The molecule has 0 radical (unpaired) electrons. The molecule has 2 N–H and O–H groups in total. The lowest BCUT2D eigenvalue weighted by molar-refractivity contribution is 0.0148. The zero-order valence-electron chi connectivity index (χ0n) is 6.93. The largest absolute Gasteiger partial charge is 0.373 e. The molecule has 0 spiro atoms. The minimum absolute atomic E-state index is 0. The lowest BCUT2D eigenvalue weighted by atomic mass is 9.78. The summed E-state index contributed by atoms with van der Waals surface area (Å²) in [5, 5.41) is 0. The van der Waals surface area contributed by atoms with Crippen LogP contribution in [0.3, 0.4) is 0 Å². The summed E-state index contributed by atoms with van der Waals surface area (Å²) in [4.78, 5) is 0. The minimum atomic E-state index is 0. The highest BCUT2D eigenvalue weighted by molar-refractivity contribution is 5.85. The Morgan fingerprint density at radius 3 is 2.64 bits per heavy atom. The molecule has 1 heterocycles. The second-order valence-electron chi connectivity index (χ2n) is 4.13. The first-order chi connectivity index (χ1) is 4.62. The molecule has 2 rings (SSSR count). The van der Waals surface area contributed by atoms with E-state index in [9.17, 15) is 0 Å². The Hall–Kier alpha value is 0.210. The van der Waals surface area contributed by atoms with Crippen LogP contribution in [0.15, 0.2) is 0 Å². The first kappa shape index (κ1) is 9.30. The van der Waals surface area contributed by atoms with Crippen LogP contribution in [-0.4, -0.2) is 17.7 Å². The van der Waals surface area contributed by atoms with Crippen LogP contribution in [0.25, 0.3) is 0 Å². The maximum atomic E-state index is 6.06. The predicted octanol–water partition coefficient (Wildman–Crippen LogP) is 1.47. The predicted molar refractivity (Wildman–Crippen MR) is 47.0 cm³/mol. The van der Waals surface area contributed by atoms with Crippen molar-refractivity contribution in [2.45, 2.75) is 43.7 Å². The highest BCUT2D eigenvalue weighted by Gasteiger charge is 2.47. The van der Waals surface area contributed by atoms with Crippen molar-refractivity contribution in [2.75, 3.05) is 6.61 Å². The fourth-order valence-corrected chi connectivity index (χ4v) is 2.30. The zero-order valence-corrected chi connectivity index (χ0v) is 7.75. The van der Waals surface area contributed by atoms with Gasteiger partial charge in [0, 0.05) is 5.54 Å². The molecule has 1 saturated heterocycles. The third-order valence-corrected chi connectivity index (χ3v) is 2.81.